The largest absolute Gasteiger partial charge is 0.316 e. The third-order valence-electron chi connectivity index (χ3n) is 4.26. The fourth-order valence-electron chi connectivity index (χ4n) is 2.82. The molecule has 0 N–H and O–H groups in total. The Morgan fingerprint density at radius 2 is 1.93 bits per heavy atom. The van der Waals surface area contributed by atoms with Crippen molar-refractivity contribution in [3.05, 3.63) is 69.0 Å². The van der Waals surface area contributed by atoms with E-state index in [-0.39, 0.29) is 10.6 Å². The first-order valence-electron chi connectivity index (χ1n) is 9.03. The molecule has 0 radical (unpaired) electrons. The van der Waals surface area contributed by atoms with Gasteiger partial charge in [0.25, 0.3) is 11.6 Å². The Bertz CT molecular complexity index is 1320. The van der Waals surface area contributed by atoms with E-state index in [4.69, 9.17) is 0 Å². The highest BCUT2D eigenvalue weighted by atomic mass is 32.2. The van der Waals surface area contributed by atoms with Crippen molar-refractivity contribution in [2.24, 2.45) is 4.99 Å². The molecule has 30 heavy (non-hydrogen) atoms. The number of nitrogens with zero attached hydrogens (tertiary/aromatic N) is 3. The number of non-ortho nitro benzene ring substituents is 1. The summed E-state index contributed by atoms with van der Waals surface area (Å²) in [6.07, 6.45) is 4.80. The van der Waals surface area contributed by atoms with Gasteiger partial charge in [-0.1, -0.05) is 18.3 Å². The third-order valence-corrected chi connectivity index (χ3v) is 6.41. The Morgan fingerprint density at radius 1 is 1.23 bits per heavy atom. The number of aryl methyl sites for hydroxylation is 1. The zero-order valence-corrected chi connectivity index (χ0v) is 17.9. The second kappa shape index (κ2) is 8.72. The van der Waals surface area contributed by atoms with Gasteiger partial charge < -0.3 is 4.57 Å². The zero-order chi connectivity index (χ0) is 21.9. The molecule has 0 aliphatic heterocycles. The average Bonchev–Trinajstić information content (AvgIpc) is 3.02. The summed E-state index contributed by atoms with van der Waals surface area (Å²) in [5, 5.41) is 10.7. The van der Waals surface area contributed by atoms with Crippen molar-refractivity contribution in [2.45, 2.75) is 24.8 Å². The van der Waals surface area contributed by atoms with E-state index in [0.29, 0.717) is 16.9 Å². The number of nitro groups is 1. The van der Waals surface area contributed by atoms with Gasteiger partial charge in [-0.15, -0.1) is 0 Å². The predicted molar refractivity (Wildman–Crippen MR) is 116 cm³/mol. The van der Waals surface area contributed by atoms with Crippen LogP contribution in [0.15, 0.2) is 58.4 Å². The molecule has 3 aromatic rings. The molecule has 0 aliphatic rings. The summed E-state index contributed by atoms with van der Waals surface area (Å²) in [6, 6.07) is 10.7. The van der Waals surface area contributed by atoms with Gasteiger partial charge >= 0.3 is 0 Å². The maximum Gasteiger partial charge on any atom is 0.272 e. The summed E-state index contributed by atoms with van der Waals surface area (Å²) in [5.74, 6) is -0.479. The molecule has 0 unspecified atom stereocenters. The van der Waals surface area contributed by atoms with E-state index in [1.54, 1.807) is 30.3 Å². The number of carbonyl (C=O) groups is 1. The lowest BCUT2D eigenvalue weighted by Gasteiger charge is -2.03. The average molecular weight is 446 g/mol. The van der Waals surface area contributed by atoms with Gasteiger partial charge in [0, 0.05) is 31.0 Å². The van der Waals surface area contributed by atoms with Gasteiger partial charge in [0.15, 0.2) is 14.6 Å². The van der Waals surface area contributed by atoms with E-state index in [1.807, 2.05) is 11.5 Å². The lowest BCUT2D eigenvalue weighted by molar-refractivity contribution is -0.384. The first-order valence-corrected chi connectivity index (χ1v) is 11.7. The van der Waals surface area contributed by atoms with Crippen molar-refractivity contribution < 1.29 is 18.1 Å². The topological polar surface area (TPSA) is 112 Å². The van der Waals surface area contributed by atoms with Crippen LogP contribution in [0, 0.1) is 10.1 Å². The van der Waals surface area contributed by atoms with Crippen LogP contribution in [-0.2, 0) is 21.2 Å². The van der Waals surface area contributed by atoms with Crippen LogP contribution >= 0.6 is 11.3 Å². The Balaban J connectivity index is 1.96. The molecule has 0 saturated carbocycles. The van der Waals surface area contributed by atoms with Crippen LogP contribution in [0.5, 0.6) is 0 Å². The summed E-state index contributed by atoms with van der Waals surface area (Å²) < 4.78 is 26.3. The van der Waals surface area contributed by atoms with Gasteiger partial charge in [-0.3, -0.25) is 14.9 Å². The molecule has 3 rings (SSSR count). The van der Waals surface area contributed by atoms with Crippen molar-refractivity contribution in [3.8, 4) is 0 Å². The minimum atomic E-state index is -3.33. The van der Waals surface area contributed by atoms with E-state index in [0.717, 1.165) is 22.9 Å². The molecule has 0 bridgehead atoms. The summed E-state index contributed by atoms with van der Waals surface area (Å²) in [4.78, 5) is 27.4. The van der Waals surface area contributed by atoms with Crippen LogP contribution in [-0.4, -0.2) is 30.1 Å². The number of rotatable bonds is 6. The molecule has 1 heterocycles. The molecule has 8 nitrogen and oxygen atoms in total. The van der Waals surface area contributed by atoms with E-state index >= 15 is 0 Å². The lowest BCUT2D eigenvalue weighted by Crippen LogP contribution is -2.16. The standard InChI is InChI=1S/C20H19N3O5S2/c1-3-12-22-17-10-9-16(30(2,27)28)13-18(17)29-20(22)21-19(24)11-6-14-4-7-15(8-5-14)23(25)26/h4-11,13H,3,12H2,1-2H3. The normalized spacial score (nSPS) is 12.7. The molecule has 0 saturated heterocycles. The second-order valence-corrected chi connectivity index (χ2v) is 9.59. The van der Waals surface area contributed by atoms with Crippen molar-refractivity contribution in [3.63, 3.8) is 0 Å². The molecule has 0 aliphatic carbocycles. The number of nitro benzene ring substituents is 1. The van der Waals surface area contributed by atoms with Crippen LogP contribution in [0.1, 0.15) is 18.9 Å². The first-order chi connectivity index (χ1) is 14.2. The van der Waals surface area contributed by atoms with Gasteiger partial charge in [0.1, 0.15) is 0 Å². The molecule has 1 aromatic heterocycles. The summed E-state index contributed by atoms with van der Waals surface area (Å²) in [5.41, 5.74) is 1.43. The van der Waals surface area contributed by atoms with Crippen LogP contribution in [0.2, 0.25) is 0 Å². The Morgan fingerprint density at radius 3 is 2.53 bits per heavy atom. The van der Waals surface area contributed by atoms with E-state index in [9.17, 15) is 23.3 Å². The monoisotopic (exact) mass is 445 g/mol. The molecule has 156 valence electrons. The fraction of sp³-hybridized carbons (Fsp3) is 0.200. The molecule has 2 aromatic carbocycles. The summed E-state index contributed by atoms with van der Waals surface area (Å²) in [7, 11) is -3.33. The maximum atomic E-state index is 12.4. The van der Waals surface area contributed by atoms with Crippen molar-refractivity contribution in [1.82, 2.24) is 4.57 Å². The number of carbonyl (C=O) groups excluding carboxylic acids is 1. The van der Waals surface area contributed by atoms with Crippen molar-refractivity contribution in [2.75, 3.05) is 6.26 Å². The number of hydrogen-bond acceptors (Lipinski definition) is 6. The van der Waals surface area contributed by atoms with E-state index in [2.05, 4.69) is 4.99 Å². The van der Waals surface area contributed by atoms with E-state index < -0.39 is 20.7 Å². The van der Waals surface area contributed by atoms with Gasteiger partial charge in [-0.25, -0.2) is 8.42 Å². The Labute approximate surface area is 176 Å². The first kappa shape index (κ1) is 21.6. The van der Waals surface area contributed by atoms with Crippen LogP contribution in [0.25, 0.3) is 16.3 Å². The minimum Gasteiger partial charge on any atom is -0.316 e. The highest BCUT2D eigenvalue weighted by molar-refractivity contribution is 7.90. The molecule has 1 amide bonds. The zero-order valence-electron chi connectivity index (χ0n) is 16.3. The molecular weight excluding hydrogens is 426 g/mol. The predicted octanol–water partition coefficient (Wildman–Crippen LogP) is 3.57. The van der Waals surface area contributed by atoms with Gasteiger partial charge in [-0.05, 0) is 48.4 Å². The van der Waals surface area contributed by atoms with Crippen LogP contribution in [0.3, 0.4) is 0 Å². The number of hydrogen-bond donors (Lipinski definition) is 0. The quantitative estimate of drug-likeness (QED) is 0.327. The number of benzene rings is 2. The van der Waals surface area contributed by atoms with Gasteiger partial charge in [0.05, 0.1) is 20.0 Å². The third kappa shape index (κ3) is 4.89. The summed E-state index contributed by atoms with van der Waals surface area (Å²) in [6.45, 7) is 2.64. The Hall–Kier alpha value is -3.11. The molecule has 10 heteroatoms. The van der Waals surface area contributed by atoms with Crippen LogP contribution < -0.4 is 4.80 Å². The maximum absolute atomic E-state index is 12.4. The molecule has 0 spiro atoms. The molecule has 0 fully saturated rings. The van der Waals surface area contributed by atoms with Gasteiger partial charge in [-0.2, -0.15) is 4.99 Å². The second-order valence-electron chi connectivity index (χ2n) is 6.57. The minimum absolute atomic E-state index is 0.0255. The highest BCUT2D eigenvalue weighted by Crippen LogP contribution is 2.22. The number of thiazole rings is 1. The van der Waals surface area contributed by atoms with Crippen molar-refractivity contribution in [1.29, 1.82) is 0 Å². The van der Waals surface area contributed by atoms with E-state index in [1.165, 1.54) is 35.6 Å². The van der Waals surface area contributed by atoms with Crippen molar-refractivity contribution >= 4 is 49.1 Å². The SMILES string of the molecule is CCCn1c(=NC(=O)C=Cc2ccc([N+](=O)[O-])cc2)sc2cc(S(C)(=O)=O)ccc21. The number of aromatic nitrogens is 1. The number of fused-ring (bicyclic) bond motifs is 1. The summed E-state index contributed by atoms with van der Waals surface area (Å²) >= 11 is 1.25. The Kier molecular flexibility index (Phi) is 6.28. The van der Waals surface area contributed by atoms with Crippen LogP contribution in [0.4, 0.5) is 5.69 Å². The number of sulfone groups is 1. The fourth-order valence-corrected chi connectivity index (χ4v) is 4.64. The number of amides is 1. The highest BCUT2D eigenvalue weighted by Gasteiger charge is 2.12. The smallest absolute Gasteiger partial charge is 0.272 e. The van der Waals surface area contributed by atoms with Gasteiger partial charge in [0.2, 0.25) is 0 Å². The molecular formula is C20H19N3O5S2. The lowest BCUT2D eigenvalue weighted by atomic mass is 10.2. The molecule has 0 atom stereocenters.